The first kappa shape index (κ1) is 20.9. The first-order chi connectivity index (χ1) is 14.4. The Morgan fingerprint density at radius 2 is 1.90 bits per heavy atom. The zero-order valence-electron chi connectivity index (χ0n) is 18.1. The molecule has 0 amide bonds. The molecular weight excluding hydrogens is 382 g/mol. The van der Waals surface area contributed by atoms with Crippen molar-refractivity contribution in [3.8, 4) is 0 Å². The summed E-state index contributed by atoms with van der Waals surface area (Å²) in [6.45, 7) is 8.60. The lowest BCUT2D eigenvalue weighted by Crippen LogP contribution is -2.59. The molecule has 0 spiro atoms. The van der Waals surface area contributed by atoms with Gasteiger partial charge in [-0.1, -0.05) is 23.8 Å². The average Bonchev–Trinajstić information content (AvgIpc) is 3.40. The predicted molar refractivity (Wildman–Crippen MR) is 112 cm³/mol. The number of nitrogens with zero attached hydrogens (tertiary/aromatic N) is 1. The maximum Gasteiger partial charge on any atom is 0.338 e. The van der Waals surface area contributed by atoms with Crippen LogP contribution in [0.2, 0.25) is 0 Å². The molecule has 30 heavy (non-hydrogen) atoms. The molecule has 2 fully saturated rings. The summed E-state index contributed by atoms with van der Waals surface area (Å²) in [5, 5.41) is 5.71. The molecule has 0 radical (unpaired) electrons. The second kappa shape index (κ2) is 8.40. The second-order valence-corrected chi connectivity index (χ2v) is 8.40. The minimum Gasteiger partial charge on any atom is -0.466 e. The topological polar surface area (TPSA) is 79.9 Å². The van der Waals surface area contributed by atoms with E-state index in [1.807, 2.05) is 13.8 Å². The summed E-state index contributed by atoms with van der Waals surface area (Å²) in [7, 11) is 0. The van der Waals surface area contributed by atoms with E-state index in [1.54, 1.807) is 6.20 Å². The molecule has 2 heterocycles. The van der Waals surface area contributed by atoms with Crippen LogP contribution in [0.1, 0.15) is 49.4 Å². The van der Waals surface area contributed by atoms with Crippen LogP contribution in [0.5, 0.6) is 0 Å². The fourth-order valence-electron chi connectivity index (χ4n) is 4.85. The molecule has 5 unspecified atom stereocenters. The highest BCUT2D eigenvalue weighted by molar-refractivity contribution is 5.90. The van der Waals surface area contributed by atoms with Crippen LogP contribution in [0.15, 0.2) is 30.0 Å². The van der Waals surface area contributed by atoms with Crippen molar-refractivity contribution in [1.29, 1.82) is 0 Å². The van der Waals surface area contributed by atoms with Crippen LogP contribution in [0, 0.1) is 25.7 Å². The fraction of sp³-hybridized carbons (Fsp3) is 0.565. The van der Waals surface area contributed by atoms with Crippen molar-refractivity contribution in [3.63, 3.8) is 0 Å². The standard InChI is InChI=1S/C23H31N3O4/c1-5-29-22(27)17-10-16(17)19-11-20(15-8-7-13(3)9-14(15)4)26-21(25-19)18(12-24-26)23(28)30-6-2/h7-9,12,16-17,19-21,24-25H,5-6,10-11H2,1-4H3. The normalized spacial score (nSPS) is 30.1. The van der Waals surface area contributed by atoms with Gasteiger partial charge in [0.1, 0.15) is 6.17 Å². The third kappa shape index (κ3) is 3.84. The van der Waals surface area contributed by atoms with Gasteiger partial charge in [0.25, 0.3) is 0 Å². The number of carbonyl (C=O) groups is 2. The van der Waals surface area contributed by atoms with E-state index < -0.39 is 0 Å². The van der Waals surface area contributed by atoms with Gasteiger partial charge >= 0.3 is 11.9 Å². The first-order valence-electron chi connectivity index (χ1n) is 10.9. The number of esters is 2. The maximum absolute atomic E-state index is 12.5. The van der Waals surface area contributed by atoms with Crippen LogP contribution in [0.3, 0.4) is 0 Å². The number of hydrazine groups is 1. The van der Waals surface area contributed by atoms with Crippen molar-refractivity contribution in [2.75, 3.05) is 13.2 Å². The van der Waals surface area contributed by atoms with Crippen LogP contribution < -0.4 is 10.7 Å². The summed E-state index contributed by atoms with van der Waals surface area (Å²) in [5.41, 5.74) is 7.55. The Hall–Kier alpha value is -2.38. The Bertz CT molecular complexity index is 868. The molecular formula is C23H31N3O4. The zero-order chi connectivity index (χ0) is 21.4. The van der Waals surface area contributed by atoms with Crippen molar-refractivity contribution in [1.82, 2.24) is 15.8 Å². The van der Waals surface area contributed by atoms with E-state index in [1.165, 1.54) is 16.7 Å². The Morgan fingerprint density at radius 3 is 2.60 bits per heavy atom. The molecule has 3 aliphatic rings. The van der Waals surface area contributed by atoms with E-state index >= 15 is 0 Å². The fourth-order valence-corrected chi connectivity index (χ4v) is 4.85. The van der Waals surface area contributed by atoms with E-state index in [0.717, 1.165) is 12.8 Å². The number of aryl methyl sites for hydroxylation is 2. The van der Waals surface area contributed by atoms with Crippen LogP contribution in [0.25, 0.3) is 0 Å². The van der Waals surface area contributed by atoms with Crippen LogP contribution in [-0.2, 0) is 19.1 Å². The molecule has 1 aliphatic carbocycles. The van der Waals surface area contributed by atoms with E-state index in [4.69, 9.17) is 9.47 Å². The minimum absolute atomic E-state index is 0.0573. The van der Waals surface area contributed by atoms with Crippen LogP contribution in [0.4, 0.5) is 0 Å². The number of nitrogens with one attached hydrogen (secondary N) is 2. The van der Waals surface area contributed by atoms with Crippen molar-refractivity contribution in [2.24, 2.45) is 11.8 Å². The Labute approximate surface area is 177 Å². The van der Waals surface area contributed by atoms with Gasteiger partial charge in [-0.2, -0.15) is 5.01 Å². The molecule has 5 atom stereocenters. The van der Waals surface area contributed by atoms with Gasteiger partial charge in [-0.15, -0.1) is 0 Å². The molecule has 1 aromatic rings. The Morgan fingerprint density at radius 1 is 1.13 bits per heavy atom. The van der Waals surface area contributed by atoms with E-state index in [9.17, 15) is 9.59 Å². The number of benzene rings is 1. The summed E-state index contributed by atoms with van der Waals surface area (Å²) in [5.74, 6) is -0.259. The van der Waals surface area contributed by atoms with Crippen molar-refractivity contribution in [3.05, 3.63) is 46.7 Å². The monoisotopic (exact) mass is 413 g/mol. The first-order valence-corrected chi connectivity index (χ1v) is 10.9. The second-order valence-electron chi connectivity index (χ2n) is 8.40. The summed E-state index contributed by atoms with van der Waals surface area (Å²) >= 11 is 0. The largest absolute Gasteiger partial charge is 0.466 e. The lowest BCUT2D eigenvalue weighted by atomic mass is 9.89. The van der Waals surface area contributed by atoms with Crippen LogP contribution >= 0.6 is 0 Å². The lowest BCUT2D eigenvalue weighted by molar-refractivity contribution is -0.145. The molecule has 0 bridgehead atoms. The number of fused-ring (bicyclic) bond motifs is 1. The lowest BCUT2D eigenvalue weighted by Gasteiger charge is -2.43. The third-order valence-electron chi connectivity index (χ3n) is 6.37. The van der Waals surface area contributed by atoms with Gasteiger partial charge in [0.15, 0.2) is 0 Å². The molecule has 2 N–H and O–H groups in total. The van der Waals surface area contributed by atoms with Gasteiger partial charge in [-0.05, 0) is 57.6 Å². The number of hydrogen-bond acceptors (Lipinski definition) is 7. The SMILES string of the molecule is CCOC(=O)C1=CNN2C1NC(C1CC1C(=O)OCC)CC2c1ccc(C)cc1C. The summed E-state index contributed by atoms with van der Waals surface area (Å²) in [6.07, 6.45) is 3.12. The predicted octanol–water partition coefficient (Wildman–Crippen LogP) is 2.50. The van der Waals surface area contributed by atoms with Crippen LogP contribution in [-0.4, -0.2) is 42.4 Å². The zero-order valence-corrected chi connectivity index (χ0v) is 18.1. The van der Waals surface area contributed by atoms with Crippen molar-refractivity contribution >= 4 is 11.9 Å². The number of ether oxygens (including phenoxy) is 2. The molecule has 1 saturated carbocycles. The molecule has 162 valence electrons. The van der Waals surface area contributed by atoms with Gasteiger partial charge in [0.2, 0.25) is 0 Å². The molecule has 2 aliphatic heterocycles. The Balaban J connectivity index is 1.60. The molecule has 0 aromatic heterocycles. The number of hydrogen-bond donors (Lipinski definition) is 2. The number of rotatable bonds is 6. The van der Waals surface area contributed by atoms with E-state index in [2.05, 4.69) is 47.8 Å². The highest BCUT2D eigenvalue weighted by Gasteiger charge is 2.53. The minimum atomic E-state index is -0.317. The maximum atomic E-state index is 12.5. The molecule has 1 aromatic carbocycles. The van der Waals surface area contributed by atoms with E-state index in [0.29, 0.717) is 18.8 Å². The van der Waals surface area contributed by atoms with Crippen molar-refractivity contribution in [2.45, 2.75) is 58.8 Å². The molecule has 1 saturated heterocycles. The van der Waals surface area contributed by atoms with E-state index in [-0.39, 0.29) is 42.0 Å². The van der Waals surface area contributed by atoms with Gasteiger partial charge in [0, 0.05) is 12.2 Å². The third-order valence-corrected chi connectivity index (χ3v) is 6.37. The average molecular weight is 414 g/mol. The van der Waals surface area contributed by atoms with Gasteiger partial charge < -0.3 is 14.9 Å². The van der Waals surface area contributed by atoms with Gasteiger partial charge in [0.05, 0.1) is 30.7 Å². The highest BCUT2D eigenvalue weighted by atomic mass is 16.5. The molecule has 7 heteroatoms. The quantitative estimate of drug-likeness (QED) is 0.694. The van der Waals surface area contributed by atoms with Gasteiger partial charge in [-0.3, -0.25) is 10.1 Å². The van der Waals surface area contributed by atoms with Crippen molar-refractivity contribution < 1.29 is 19.1 Å². The molecule has 4 rings (SSSR count). The summed E-state index contributed by atoms with van der Waals surface area (Å²) in [4.78, 5) is 24.8. The number of carbonyl (C=O) groups excluding carboxylic acids is 2. The molecule has 7 nitrogen and oxygen atoms in total. The summed E-state index contributed by atoms with van der Waals surface area (Å²) < 4.78 is 10.5. The summed E-state index contributed by atoms with van der Waals surface area (Å²) in [6, 6.07) is 6.69. The van der Waals surface area contributed by atoms with Gasteiger partial charge in [-0.25, -0.2) is 4.79 Å². The Kier molecular flexibility index (Phi) is 5.84. The highest BCUT2D eigenvalue weighted by Crippen LogP contribution is 2.48. The smallest absolute Gasteiger partial charge is 0.338 e.